The monoisotopic (exact) mass is 396 g/mol. The van der Waals surface area contributed by atoms with Crippen LogP contribution in [0.4, 0.5) is 0 Å². The van der Waals surface area contributed by atoms with Gasteiger partial charge >= 0.3 is 0 Å². The topological polar surface area (TPSA) is 218 Å². The fraction of sp³-hybridized carbons (Fsp3) is 0.857. The van der Waals surface area contributed by atoms with Gasteiger partial charge in [0.1, 0.15) is 48.8 Å². The Hall–Kier alpha value is -1.42. The first kappa shape index (κ1) is 21.9. The van der Waals surface area contributed by atoms with Crippen molar-refractivity contribution in [3.8, 4) is 0 Å². The van der Waals surface area contributed by atoms with Crippen LogP contribution >= 0.6 is 0 Å². The molecule has 156 valence electrons. The Balaban J connectivity index is 2.25. The molecule has 0 saturated carbocycles. The highest BCUT2D eigenvalue weighted by molar-refractivity contribution is 5.73. The number of aliphatic carboxylic acids is 1. The molecule has 2 rings (SSSR count). The molecule has 13 heteroatoms. The Morgan fingerprint density at radius 3 is 2.19 bits per heavy atom. The summed E-state index contributed by atoms with van der Waals surface area (Å²) in [6.45, 7) is 0.369. The van der Waals surface area contributed by atoms with Crippen LogP contribution in [0.15, 0.2) is 0 Å². The Labute approximate surface area is 152 Å². The molecule has 0 unspecified atom stereocenters. The van der Waals surface area contributed by atoms with Crippen LogP contribution in [0.5, 0.6) is 0 Å². The molecule has 0 aromatic rings. The lowest BCUT2D eigenvalue weighted by Crippen LogP contribution is -2.68. The Kier molecular flexibility index (Phi) is 7.07. The summed E-state index contributed by atoms with van der Waals surface area (Å²) < 4.78 is 15.2. The van der Waals surface area contributed by atoms with E-state index in [1.807, 2.05) is 0 Å². The van der Waals surface area contributed by atoms with Crippen molar-refractivity contribution >= 4 is 11.9 Å². The number of aliphatic hydroxyl groups excluding tert-OH is 6. The third kappa shape index (κ3) is 4.53. The van der Waals surface area contributed by atoms with Crippen LogP contribution in [-0.4, -0.2) is 110 Å². The zero-order chi connectivity index (χ0) is 20.5. The van der Waals surface area contributed by atoms with Gasteiger partial charge in [-0.15, -0.1) is 0 Å². The maximum Gasteiger partial charge on any atom is 0.217 e. The molecule has 0 radical (unpaired) electrons. The SMILES string of the molecule is CC(=O)N[C@@H]1[C@@H](O[C@@H]2O[C@@H](C(=O)[O-])[C@@H](O)[C@H](O)[C@H]2O)[C@@H](O)[C@@H](CO)O[C@H]1O. The Morgan fingerprint density at radius 1 is 1.04 bits per heavy atom. The average Bonchev–Trinajstić information content (AvgIpc) is 2.60. The molecule has 13 nitrogen and oxygen atoms in total. The van der Waals surface area contributed by atoms with E-state index >= 15 is 0 Å². The maximum absolute atomic E-state index is 11.3. The van der Waals surface area contributed by atoms with Gasteiger partial charge in [0.2, 0.25) is 5.91 Å². The number of hydrogen-bond donors (Lipinski definition) is 7. The fourth-order valence-electron chi connectivity index (χ4n) is 2.94. The zero-order valence-electron chi connectivity index (χ0n) is 14.1. The van der Waals surface area contributed by atoms with Crippen LogP contribution in [0, 0.1) is 0 Å². The Bertz CT molecular complexity index is 546. The zero-order valence-corrected chi connectivity index (χ0v) is 14.1. The van der Waals surface area contributed by atoms with Gasteiger partial charge in [0.05, 0.1) is 12.6 Å². The van der Waals surface area contributed by atoms with Gasteiger partial charge in [0.15, 0.2) is 12.6 Å². The fourth-order valence-corrected chi connectivity index (χ4v) is 2.94. The molecule has 0 spiro atoms. The molecule has 0 aromatic carbocycles. The van der Waals surface area contributed by atoms with E-state index in [4.69, 9.17) is 14.2 Å². The summed E-state index contributed by atoms with van der Waals surface area (Å²) in [7, 11) is 0. The molecule has 2 fully saturated rings. The van der Waals surface area contributed by atoms with Gasteiger partial charge in [0, 0.05) is 6.92 Å². The summed E-state index contributed by atoms with van der Waals surface area (Å²) >= 11 is 0. The highest BCUT2D eigenvalue weighted by Gasteiger charge is 2.51. The molecular formula is C14H22NO12-. The molecule has 2 heterocycles. The minimum atomic E-state index is -2.05. The number of aliphatic hydroxyl groups is 6. The van der Waals surface area contributed by atoms with Crippen molar-refractivity contribution in [3.63, 3.8) is 0 Å². The summed E-state index contributed by atoms with van der Waals surface area (Å²) in [6.07, 6.45) is -16.1. The van der Waals surface area contributed by atoms with E-state index < -0.39 is 79.8 Å². The van der Waals surface area contributed by atoms with Gasteiger partial charge in [-0.1, -0.05) is 0 Å². The van der Waals surface area contributed by atoms with Gasteiger partial charge in [-0.05, 0) is 0 Å². The molecule has 27 heavy (non-hydrogen) atoms. The molecule has 0 bridgehead atoms. The quantitative estimate of drug-likeness (QED) is 0.231. The maximum atomic E-state index is 11.3. The van der Waals surface area contributed by atoms with Crippen molar-refractivity contribution in [2.45, 2.75) is 68.3 Å². The smallest absolute Gasteiger partial charge is 0.217 e. The summed E-state index contributed by atoms with van der Waals surface area (Å²) in [5.41, 5.74) is 0. The minimum absolute atomic E-state index is 0.640. The van der Waals surface area contributed by atoms with Gasteiger partial charge in [-0.3, -0.25) is 4.79 Å². The number of carboxylic acids is 1. The number of carbonyl (C=O) groups is 2. The van der Waals surface area contributed by atoms with Crippen LogP contribution in [0.1, 0.15) is 6.92 Å². The van der Waals surface area contributed by atoms with E-state index in [1.165, 1.54) is 0 Å². The number of hydrogen-bond acceptors (Lipinski definition) is 12. The van der Waals surface area contributed by atoms with E-state index in [2.05, 4.69) is 5.32 Å². The van der Waals surface area contributed by atoms with Crippen molar-refractivity contribution < 1.29 is 59.5 Å². The van der Waals surface area contributed by atoms with Crippen molar-refractivity contribution in [3.05, 3.63) is 0 Å². The molecule has 7 N–H and O–H groups in total. The standard InChI is InChI=1S/C14H23NO12/c1-3(17)15-5-10(6(18)4(2-16)25-13(5)24)26-14-9(21)7(19)8(20)11(27-14)12(22)23/h4-11,13-14,16,18-21,24H,2H2,1H3,(H,15,17)(H,22,23)/p-1/t4-,5-,6+,7+,8+,9-,10-,11-,13-,14-/m1/s1. The molecule has 2 aliphatic heterocycles. The first-order valence-electron chi connectivity index (χ1n) is 8.04. The number of amides is 1. The second-order valence-electron chi connectivity index (χ2n) is 6.28. The second-order valence-corrected chi connectivity index (χ2v) is 6.28. The van der Waals surface area contributed by atoms with E-state index in [0.29, 0.717) is 0 Å². The number of ether oxygens (including phenoxy) is 3. The first-order valence-corrected chi connectivity index (χ1v) is 8.04. The molecule has 10 atom stereocenters. The summed E-state index contributed by atoms with van der Waals surface area (Å²) in [6, 6.07) is -1.39. The van der Waals surface area contributed by atoms with E-state index in [-0.39, 0.29) is 0 Å². The minimum Gasteiger partial charge on any atom is -0.547 e. The van der Waals surface area contributed by atoms with E-state index in [0.717, 1.165) is 6.92 Å². The first-order chi connectivity index (χ1) is 12.6. The summed E-state index contributed by atoms with van der Waals surface area (Å²) in [4.78, 5) is 22.4. The molecular weight excluding hydrogens is 374 g/mol. The van der Waals surface area contributed by atoms with Crippen LogP contribution in [0.2, 0.25) is 0 Å². The molecule has 2 saturated heterocycles. The van der Waals surface area contributed by atoms with Crippen molar-refractivity contribution in [2.24, 2.45) is 0 Å². The third-order valence-corrected chi connectivity index (χ3v) is 4.34. The molecule has 2 aliphatic rings. The van der Waals surface area contributed by atoms with Crippen molar-refractivity contribution in [1.82, 2.24) is 5.32 Å². The Morgan fingerprint density at radius 2 is 1.67 bits per heavy atom. The number of rotatable bonds is 5. The van der Waals surface area contributed by atoms with Crippen LogP contribution < -0.4 is 10.4 Å². The number of carbonyl (C=O) groups excluding carboxylic acids is 2. The van der Waals surface area contributed by atoms with E-state index in [1.54, 1.807) is 0 Å². The lowest BCUT2D eigenvalue weighted by molar-refractivity contribution is -0.363. The van der Waals surface area contributed by atoms with Crippen LogP contribution in [-0.2, 0) is 23.8 Å². The molecule has 0 aliphatic carbocycles. The summed E-state index contributed by atoms with van der Waals surface area (Å²) in [5.74, 6) is -2.53. The van der Waals surface area contributed by atoms with Gasteiger partial charge in [-0.25, -0.2) is 0 Å². The number of nitrogens with one attached hydrogen (secondary N) is 1. The number of carboxylic acid groups (broad SMARTS) is 1. The van der Waals surface area contributed by atoms with Crippen LogP contribution in [0.25, 0.3) is 0 Å². The highest BCUT2D eigenvalue weighted by Crippen LogP contribution is 2.28. The predicted molar refractivity (Wildman–Crippen MR) is 78.1 cm³/mol. The molecule has 0 aromatic heterocycles. The predicted octanol–water partition coefficient (Wildman–Crippen LogP) is -6.50. The highest BCUT2D eigenvalue weighted by atomic mass is 16.7. The van der Waals surface area contributed by atoms with Gasteiger partial charge in [-0.2, -0.15) is 0 Å². The van der Waals surface area contributed by atoms with E-state index in [9.17, 15) is 45.3 Å². The lowest BCUT2D eigenvalue weighted by Gasteiger charge is -2.46. The van der Waals surface area contributed by atoms with Gasteiger partial charge < -0.3 is 60.1 Å². The van der Waals surface area contributed by atoms with Crippen molar-refractivity contribution in [2.75, 3.05) is 6.61 Å². The average molecular weight is 396 g/mol. The van der Waals surface area contributed by atoms with Gasteiger partial charge in [0.25, 0.3) is 0 Å². The second kappa shape index (κ2) is 8.72. The summed E-state index contributed by atoms with van der Waals surface area (Å²) in [5, 5.41) is 72.2. The lowest BCUT2D eigenvalue weighted by atomic mass is 9.95. The normalized spacial score (nSPS) is 45.3. The third-order valence-electron chi connectivity index (χ3n) is 4.34. The molecule has 1 amide bonds. The van der Waals surface area contributed by atoms with Crippen molar-refractivity contribution in [1.29, 1.82) is 0 Å². The largest absolute Gasteiger partial charge is 0.547 e. The van der Waals surface area contributed by atoms with Crippen LogP contribution in [0.3, 0.4) is 0 Å².